The van der Waals surface area contributed by atoms with Gasteiger partial charge in [0.25, 0.3) is 0 Å². The van der Waals surface area contributed by atoms with Gasteiger partial charge >= 0.3 is 0 Å². The molecule has 6 saturated carbocycles. The second kappa shape index (κ2) is 1.51. The van der Waals surface area contributed by atoms with Crippen molar-refractivity contribution in [1.82, 2.24) is 0 Å². The van der Waals surface area contributed by atoms with Crippen LogP contribution in [0.4, 0.5) is 26.3 Å². The number of hydrogen-bond acceptors (Lipinski definition) is 0. The van der Waals surface area contributed by atoms with Gasteiger partial charge in [0, 0.05) is 0 Å². The molecule has 8 heteroatoms. The van der Waals surface area contributed by atoms with E-state index in [9.17, 15) is 26.3 Å². The normalized spacial score (nSPS) is 97.5. The Morgan fingerprint density at radius 3 is 0.688 bits per heavy atom. The van der Waals surface area contributed by atoms with Gasteiger partial charge in [0.1, 0.15) is 6.84 Å². The van der Waals surface area contributed by atoms with Crippen molar-refractivity contribution >= 4 is 45.2 Å². The van der Waals surface area contributed by atoms with E-state index in [1.165, 1.54) is 0 Å². The van der Waals surface area contributed by atoms with E-state index in [-0.39, 0.29) is 0 Å². The van der Waals surface area contributed by atoms with Crippen LogP contribution in [0.15, 0.2) is 0 Å². The Labute approximate surface area is 112 Å². The van der Waals surface area contributed by atoms with Gasteiger partial charge in [0.2, 0.25) is 34.0 Å². The summed E-state index contributed by atoms with van der Waals surface area (Å²) < 4.78 is 79.4. The summed E-state index contributed by atoms with van der Waals surface area (Å²) in [5.41, 5.74) is -19.2. The maximum absolute atomic E-state index is 14.1. The molecule has 0 atom stereocenters. The van der Waals surface area contributed by atoms with Crippen molar-refractivity contribution < 1.29 is 26.3 Å². The standard InChI is InChI=1S/C8F6I2/c9-1-2(10)4(12)6(14)5(13,7(1,4)15)3(1,11)8(2,6)16. The van der Waals surface area contributed by atoms with Gasteiger partial charge in [-0.2, -0.15) is 0 Å². The molecule has 6 aliphatic rings. The summed E-state index contributed by atoms with van der Waals surface area (Å²) in [6.45, 7) is 0. The summed E-state index contributed by atoms with van der Waals surface area (Å²) in [5.74, 6) is 0. The fraction of sp³-hybridized carbons (Fsp3) is 1.00. The van der Waals surface area contributed by atoms with Gasteiger partial charge in [-0.05, 0) is 0 Å². The number of hydrogen-bond donors (Lipinski definition) is 0. The zero-order valence-electron chi connectivity index (χ0n) is 7.02. The average molecular weight is 464 g/mol. The summed E-state index contributed by atoms with van der Waals surface area (Å²) in [5, 5.41) is 0. The average Bonchev–Trinajstić information content (AvgIpc) is 2.27. The van der Waals surface area contributed by atoms with Crippen LogP contribution < -0.4 is 0 Å². The lowest BCUT2D eigenvalue weighted by atomic mass is 8.94. The van der Waals surface area contributed by atoms with Gasteiger partial charge < -0.3 is 0 Å². The highest BCUT2D eigenvalue weighted by molar-refractivity contribution is 14.1. The Morgan fingerprint density at radius 2 is 0.562 bits per heavy atom. The Bertz CT molecular complexity index is 339. The Balaban J connectivity index is 1.95. The zero-order chi connectivity index (χ0) is 12.0. The predicted molar refractivity (Wildman–Crippen MR) is 56.5 cm³/mol. The van der Waals surface area contributed by atoms with E-state index in [1.807, 2.05) is 0 Å². The van der Waals surface area contributed by atoms with Gasteiger partial charge in [-0.15, -0.1) is 0 Å². The number of rotatable bonds is 0. The van der Waals surface area contributed by atoms with E-state index >= 15 is 0 Å². The van der Waals surface area contributed by atoms with Crippen LogP contribution in [-0.2, 0) is 0 Å². The molecule has 0 saturated heterocycles. The van der Waals surface area contributed by atoms with E-state index in [0.29, 0.717) is 0 Å². The number of halogens is 8. The van der Waals surface area contributed by atoms with Crippen LogP contribution in [0.3, 0.4) is 0 Å². The van der Waals surface area contributed by atoms with Crippen LogP contribution in [0.1, 0.15) is 0 Å². The van der Waals surface area contributed by atoms with Gasteiger partial charge in [0.15, 0.2) is 0 Å². The molecule has 0 aromatic heterocycles. The predicted octanol–water partition coefficient (Wildman–Crippen LogP) is 2.65. The lowest BCUT2D eigenvalue weighted by Gasteiger charge is -3.14. The topological polar surface area (TPSA) is 0 Å². The summed E-state index contributed by atoms with van der Waals surface area (Å²) in [7, 11) is 0. The van der Waals surface area contributed by atoms with E-state index in [1.54, 1.807) is 0 Å². The molecule has 0 unspecified atom stereocenters. The van der Waals surface area contributed by atoms with Gasteiger partial charge in [-0.3, -0.25) is 0 Å². The molecule has 0 heterocycles. The molecule has 0 radical (unpaired) electrons. The van der Waals surface area contributed by atoms with E-state index in [0.717, 1.165) is 45.2 Å². The highest BCUT2D eigenvalue weighted by atomic mass is 127. The van der Waals surface area contributed by atoms with Crippen LogP contribution >= 0.6 is 45.2 Å². The Kier molecular flexibility index (Phi) is 0.934. The molecule has 0 nitrogen and oxygen atoms in total. The smallest absolute Gasteiger partial charge is 0.209 e. The highest BCUT2D eigenvalue weighted by Crippen LogP contribution is 3.19. The summed E-state index contributed by atoms with van der Waals surface area (Å²) in [6.07, 6.45) is 0. The molecule has 88 valence electrons. The summed E-state index contributed by atoms with van der Waals surface area (Å²) in [4.78, 5) is 0. The molecule has 0 aliphatic heterocycles. The lowest BCUT2D eigenvalue weighted by molar-refractivity contribution is -0.707. The molecule has 0 aromatic rings. The van der Waals surface area contributed by atoms with Crippen molar-refractivity contribution in [1.29, 1.82) is 0 Å². The van der Waals surface area contributed by atoms with Crippen molar-refractivity contribution in [2.45, 2.75) is 40.9 Å². The first-order valence-electron chi connectivity index (χ1n) is 4.51. The third kappa shape index (κ3) is 0.249. The molecule has 0 N–H and O–H groups in total. The highest BCUT2D eigenvalue weighted by Gasteiger charge is 3.47. The first kappa shape index (κ1) is 9.90. The molecule has 6 rings (SSSR count). The summed E-state index contributed by atoms with van der Waals surface area (Å²) in [6, 6.07) is 0. The van der Waals surface area contributed by atoms with E-state index in [4.69, 9.17) is 0 Å². The fourth-order valence-electron chi connectivity index (χ4n) is 5.32. The minimum absolute atomic E-state index is 1.02. The first-order chi connectivity index (χ1) is 7.00. The maximum Gasteiger partial charge on any atom is 0.209 e. The molecule has 0 aromatic carbocycles. The Hall–Kier alpha value is 1.04. The molecular weight excluding hydrogens is 464 g/mol. The van der Waals surface area contributed by atoms with Crippen LogP contribution in [-0.4, -0.2) is 40.9 Å². The molecule has 6 aliphatic carbocycles. The largest absolute Gasteiger partial charge is 0.235 e. The minimum Gasteiger partial charge on any atom is -0.235 e. The van der Waals surface area contributed by atoms with Gasteiger partial charge in [0.05, 0.1) is 0 Å². The molecule has 0 amide bonds. The maximum atomic E-state index is 14.1. The summed E-state index contributed by atoms with van der Waals surface area (Å²) >= 11 is 2.03. The van der Waals surface area contributed by atoms with Crippen LogP contribution in [0, 0.1) is 0 Å². The van der Waals surface area contributed by atoms with Crippen LogP contribution in [0.25, 0.3) is 0 Å². The monoisotopic (exact) mass is 464 g/mol. The van der Waals surface area contributed by atoms with Crippen LogP contribution in [0.5, 0.6) is 0 Å². The second-order valence-electron chi connectivity index (χ2n) is 5.27. The lowest BCUT2D eigenvalue weighted by Crippen LogP contribution is -3.45. The van der Waals surface area contributed by atoms with Crippen molar-refractivity contribution in [2.75, 3.05) is 0 Å². The Morgan fingerprint density at radius 1 is 0.438 bits per heavy atom. The second-order valence-corrected chi connectivity index (χ2v) is 8.50. The van der Waals surface area contributed by atoms with Gasteiger partial charge in [-0.25, -0.2) is 26.3 Å². The van der Waals surface area contributed by atoms with Gasteiger partial charge in [-0.1, -0.05) is 45.2 Å². The van der Waals surface area contributed by atoms with Crippen molar-refractivity contribution in [3.05, 3.63) is 0 Å². The molecule has 16 heavy (non-hydrogen) atoms. The van der Waals surface area contributed by atoms with E-state index < -0.39 is 40.9 Å². The third-order valence-corrected chi connectivity index (χ3v) is 10.2. The van der Waals surface area contributed by atoms with E-state index in [2.05, 4.69) is 0 Å². The molecule has 6 fully saturated rings. The van der Waals surface area contributed by atoms with Crippen molar-refractivity contribution in [3.8, 4) is 0 Å². The number of alkyl halides is 8. The SMILES string of the molecule is FC12C3(F)C4(F)C5(F)C(F)(C1(F)C35I)C24I. The quantitative estimate of drug-likeness (QED) is 0.294. The molecule has 0 bridgehead atoms. The molecule has 0 spiro atoms. The third-order valence-electron chi connectivity index (χ3n) is 5.70. The zero-order valence-corrected chi connectivity index (χ0v) is 11.3. The van der Waals surface area contributed by atoms with Crippen molar-refractivity contribution in [2.24, 2.45) is 0 Å². The fourth-order valence-corrected chi connectivity index (χ4v) is 9.78. The molecular formula is C8F6I2. The van der Waals surface area contributed by atoms with Crippen LogP contribution in [0.2, 0.25) is 0 Å². The minimum atomic E-state index is -3.20. The first-order valence-corrected chi connectivity index (χ1v) is 6.67. The van der Waals surface area contributed by atoms with Crippen molar-refractivity contribution in [3.63, 3.8) is 0 Å².